The van der Waals surface area contributed by atoms with E-state index in [-0.39, 0.29) is 17.4 Å². The Hall–Kier alpha value is -2.71. The maximum absolute atomic E-state index is 11.6. The number of carbonyl (C=O) groups excluding carboxylic acids is 2. The summed E-state index contributed by atoms with van der Waals surface area (Å²) in [7, 11) is 5.45. The van der Waals surface area contributed by atoms with Crippen LogP contribution in [0.4, 0.5) is 5.82 Å². The van der Waals surface area contributed by atoms with E-state index in [1.54, 1.807) is 11.1 Å². The van der Waals surface area contributed by atoms with Crippen LogP contribution in [-0.4, -0.2) is 67.6 Å². The Morgan fingerprint density at radius 3 is 2.53 bits per heavy atom. The van der Waals surface area contributed by atoms with Crippen molar-refractivity contribution >= 4 is 28.9 Å². The maximum Gasteiger partial charge on any atom is 0.223 e. The van der Waals surface area contributed by atoms with Gasteiger partial charge in [-0.1, -0.05) is 32.9 Å². The van der Waals surface area contributed by atoms with Crippen molar-refractivity contribution in [1.82, 2.24) is 15.2 Å². The SMILES string of the molecule is CC(C)(C)CC(=O)N1CCC(O)C1.CN.CN(C)c1nccc2cc(CNC=O)ccc12. The molecule has 32 heavy (non-hydrogen) atoms. The zero-order valence-corrected chi connectivity index (χ0v) is 20.3. The number of aliphatic hydroxyl groups is 1. The fourth-order valence-electron chi connectivity index (χ4n) is 3.37. The van der Waals surface area contributed by atoms with Crippen LogP contribution >= 0.6 is 0 Å². The Kier molecular flexibility index (Phi) is 11.1. The molecule has 2 amide bonds. The second kappa shape index (κ2) is 13.0. The number of nitrogens with zero attached hydrogens (tertiary/aromatic N) is 3. The van der Waals surface area contributed by atoms with Crippen molar-refractivity contribution in [1.29, 1.82) is 0 Å². The number of likely N-dealkylation sites (tertiary alicyclic amines) is 1. The van der Waals surface area contributed by atoms with E-state index < -0.39 is 0 Å². The minimum absolute atomic E-state index is 0.0463. The van der Waals surface area contributed by atoms with Gasteiger partial charge in [-0.3, -0.25) is 9.59 Å². The van der Waals surface area contributed by atoms with E-state index in [9.17, 15) is 14.7 Å². The van der Waals surface area contributed by atoms with Crippen LogP contribution in [0.3, 0.4) is 0 Å². The van der Waals surface area contributed by atoms with E-state index in [0.29, 0.717) is 25.9 Å². The standard InChI is InChI=1S/C13H15N3O.C10H19NO2.CH5N/c1-16(2)13-12-4-3-10(8-14-9-17)7-11(12)5-6-15-13;1-10(2,3)6-9(13)11-5-4-8(12)7-11;1-2/h3-7,9H,8H2,1-2H3,(H,14,17);8,12H,4-7H2,1-3H3;2H2,1H3. The van der Waals surface area contributed by atoms with Crippen LogP contribution in [0.25, 0.3) is 10.8 Å². The number of amides is 2. The summed E-state index contributed by atoms with van der Waals surface area (Å²) in [6.07, 6.45) is 3.51. The summed E-state index contributed by atoms with van der Waals surface area (Å²) >= 11 is 0. The highest BCUT2D eigenvalue weighted by molar-refractivity contribution is 5.92. The van der Waals surface area contributed by atoms with Gasteiger partial charge in [-0.15, -0.1) is 0 Å². The molecule has 2 heterocycles. The molecule has 178 valence electrons. The highest BCUT2D eigenvalue weighted by Crippen LogP contribution is 2.24. The van der Waals surface area contributed by atoms with Crippen LogP contribution in [0.15, 0.2) is 30.5 Å². The summed E-state index contributed by atoms with van der Waals surface area (Å²) < 4.78 is 0. The smallest absolute Gasteiger partial charge is 0.223 e. The number of β-amino-alcohol motifs (C(OH)–C–C–N with tert-alkyl or cyclic N) is 1. The number of benzene rings is 1. The topological polar surface area (TPSA) is 112 Å². The van der Waals surface area contributed by atoms with Gasteiger partial charge in [0, 0.05) is 51.7 Å². The van der Waals surface area contributed by atoms with E-state index in [1.165, 1.54) is 7.05 Å². The van der Waals surface area contributed by atoms with Gasteiger partial charge in [-0.2, -0.15) is 0 Å². The number of nitrogens with one attached hydrogen (secondary N) is 1. The number of carbonyl (C=O) groups is 2. The molecule has 1 aliphatic rings. The van der Waals surface area contributed by atoms with E-state index in [2.05, 4.69) is 42.9 Å². The molecule has 0 spiro atoms. The predicted molar refractivity (Wildman–Crippen MR) is 130 cm³/mol. The van der Waals surface area contributed by atoms with Gasteiger partial charge < -0.3 is 26.0 Å². The molecule has 8 heteroatoms. The lowest BCUT2D eigenvalue weighted by Gasteiger charge is -2.22. The number of anilines is 1. The number of nitrogens with two attached hydrogens (primary N) is 1. The van der Waals surface area contributed by atoms with Gasteiger partial charge in [0.1, 0.15) is 5.82 Å². The van der Waals surface area contributed by atoms with Crippen LogP contribution in [0.5, 0.6) is 0 Å². The predicted octanol–water partition coefficient (Wildman–Crippen LogP) is 2.14. The summed E-state index contributed by atoms with van der Waals surface area (Å²) in [5, 5.41) is 14.2. The van der Waals surface area contributed by atoms with E-state index in [4.69, 9.17) is 0 Å². The quantitative estimate of drug-likeness (QED) is 0.608. The molecule has 0 bridgehead atoms. The average Bonchev–Trinajstić information content (AvgIpc) is 3.19. The largest absolute Gasteiger partial charge is 0.391 e. The van der Waals surface area contributed by atoms with Crippen molar-refractivity contribution in [3.63, 3.8) is 0 Å². The molecular formula is C24H39N5O3. The summed E-state index contributed by atoms with van der Waals surface area (Å²) in [5.74, 6) is 1.13. The van der Waals surface area contributed by atoms with Crippen LogP contribution in [0, 0.1) is 5.41 Å². The summed E-state index contributed by atoms with van der Waals surface area (Å²) in [5.41, 5.74) is 5.63. The zero-order chi connectivity index (χ0) is 24.3. The van der Waals surface area contributed by atoms with Crippen molar-refractivity contribution in [3.05, 3.63) is 36.0 Å². The van der Waals surface area contributed by atoms with Gasteiger partial charge in [0.2, 0.25) is 12.3 Å². The van der Waals surface area contributed by atoms with Crippen molar-refractivity contribution in [2.45, 2.75) is 46.3 Å². The average molecular weight is 446 g/mol. The normalized spacial score (nSPS) is 15.2. The van der Waals surface area contributed by atoms with Crippen LogP contribution in [0.1, 0.15) is 39.2 Å². The molecule has 3 rings (SSSR count). The van der Waals surface area contributed by atoms with Crippen molar-refractivity contribution in [2.75, 3.05) is 39.1 Å². The fraction of sp³-hybridized carbons (Fsp3) is 0.542. The molecular weight excluding hydrogens is 406 g/mol. The first kappa shape index (κ1) is 27.3. The summed E-state index contributed by atoms with van der Waals surface area (Å²) in [4.78, 5) is 30.0. The highest BCUT2D eigenvalue weighted by Gasteiger charge is 2.27. The van der Waals surface area contributed by atoms with Crippen molar-refractivity contribution in [3.8, 4) is 0 Å². The molecule has 1 aromatic heterocycles. The molecule has 2 aromatic rings. The van der Waals surface area contributed by atoms with Crippen molar-refractivity contribution < 1.29 is 14.7 Å². The number of aliphatic hydroxyl groups excluding tert-OH is 1. The molecule has 1 aromatic carbocycles. The molecule has 0 saturated carbocycles. The monoisotopic (exact) mass is 445 g/mol. The molecule has 4 N–H and O–H groups in total. The first-order valence-corrected chi connectivity index (χ1v) is 10.9. The number of hydrogen-bond donors (Lipinski definition) is 3. The van der Waals surface area contributed by atoms with Crippen LogP contribution in [0.2, 0.25) is 0 Å². The Labute approximate surface area is 191 Å². The summed E-state index contributed by atoms with van der Waals surface area (Å²) in [6.45, 7) is 7.95. The Morgan fingerprint density at radius 1 is 1.31 bits per heavy atom. The molecule has 1 atom stereocenters. The second-order valence-corrected chi connectivity index (χ2v) is 9.10. The third kappa shape index (κ3) is 8.80. The first-order chi connectivity index (χ1) is 15.1. The Balaban J connectivity index is 0.000000307. The number of hydrogen-bond acceptors (Lipinski definition) is 6. The minimum Gasteiger partial charge on any atom is -0.391 e. The van der Waals surface area contributed by atoms with E-state index >= 15 is 0 Å². The third-order valence-corrected chi connectivity index (χ3v) is 4.82. The van der Waals surface area contributed by atoms with Gasteiger partial charge in [-0.25, -0.2) is 4.98 Å². The van der Waals surface area contributed by atoms with Gasteiger partial charge in [0.05, 0.1) is 6.10 Å². The van der Waals surface area contributed by atoms with E-state index in [0.717, 1.165) is 35.1 Å². The van der Waals surface area contributed by atoms with Gasteiger partial charge >= 0.3 is 0 Å². The molecule has 0 aliphatic carbocycles. The molecule has 1 saturated heterocycles. The fourth-order valence-corrected chi connectivity index (χ4v) is 3.37. The third-order valence-electron chi connectivity index (χ3n) is 4.82. The second-order valence-electron chi connectivity index (χ2n) is 9.10. The lowest BCUT2D eigenvalue weighted by Crippen LogP contribution is -2.32. The number of rotatable bonds is 5. The molecule has 1 fully saturated rings. The number of aromatic nitrogens is 1. The zero-order valence-electron chi connectivity index (χ0n) is 20.3. The van der Waals surface area contributed by atoms with Gasteiger partial charge in [-0.05, 0) is 42.0 Å². The Bertz CT molecular complexity index is 864. The van der Waals surface area contributed by atoms with Crippen molar-refractivity contribution in [2.24, 2.45) is 11.1 Å². The molecule has 1 unspecified atom stereocenters. The van der Waals surface area contributed by atoms with Gasteiger partial charge in [0.25, 0.3) is 0 Å². The lowest BCUT2D eigenvalue weighted by molar-refractivity contribution is -0.132. The van der Waals surface area contributed by atoms with Gasteiger partial charge in [0.15, 0.2) is 0 Å². The molecule has 8 nitrogen and oxygen atoms in total. The minimum atomic E-state index is -0.302. The van der Waals surface area contributed by atoms with Crippen LogP contribution in [-0.2, 0) is 16.1 Å². The molecule has 0 radical (unpaired) electrons. The maximum atomic E-state index is 11.6. The molecule has 1 aliphatic heterocycles. The summed E-state index contributed by atoms with van der Waals surface area (Å²) in [6, 6.07) is 8.10. The number of pyridine rings is 1. The number of fused-ring (bicyclic) bond motifs is 1. The lowest BCUT2D eigenvalue weighted by atomic mass is 9.92. The van der Waals surface area contributed by atoms with Crippen LogP contribution < -0.4 is 16.0 Å². The first-order valence-electron chi connectivity index (χ1n) is 10.9. The van der Waals surface area contributed by atoms with E-state index in [1.807, 2.05) is 37.2 Å². The highest BCUT2D eigenvalue weighted by atomic mass is 16.3. The Morgan fingerprint density at radius 2 is 2.00 bits per heavy atom.